The summed E-state index contributed by atoms with van der Waals surface area (Å²) in [5.41, 5.74) is 6.03. The zero-order valence-electron chi connectivity index (χ0n) is 13.9. The Hall–Kier alpha value is -2.01. The summed E-state index contributed by atoms with van der Waals surface area (Å²) < 4.78 is 65.2. The third-order valence-electron chi connectivity index (χ3n) is 3.09. The molecule has 0 radical (unpaired) electrons. The number of nitrogens with zero attached hydrogens (tertiary/aromatic N) is 2. The van der Waals surface area contributed by atoms with Gasteiger partial charge in [0.15, 0.2) is 5.96 Å². The van der Waals surface area contributed by atoms with Gasteiger partial charge in [-0.2, -0.15) is 0 Å². The first-order chi connectivity index (χ1) is 11.6. The average molecular weight is 382 g/mol. The summed E-state index contributed by atoms with van der Waals surface area (Å²) in [7, 11) is -3.39. The van der Waals surface area contributed by atoms with Crippen molar-refractivity contribution < 1.29 is 26.3 Å². The number of alkyl halides is 3. The first-order valence-corrected chi connectivity index (χ1v) is 9.09. The van der Waals surface area contributed by atoms with Crippen LogP contribution in [-0.4, -0.2) is 50.4 Å². The number of ether oxygens (including phenoxy) is 1. The Labute approximate surface area is 144 Å². The molecular weight excluding hydrogens is 361 g/mol. The van der Waals surface area contributed by atoms with Crippen LogP contribution in [0.4, 0.5) is 18.9 Å². The summed E-state index contributed by atoms with van der Waals surface area (Å²) in [5, 5.41) is 2.66. The first-order valence-electron chi connectivity index (χ1n) is 7.48. The minimum atomic E-state index is -4.76. The van der Waals surface area contributed by atoms with E-state index in [2.05, 4.69) is 15.0 Å². The minimum absolute atomic E-state index is 0.0348. The molecule has 0 unspecified atom stereocenters. The molecule has 1 aromatic carbocycles. The molecule has 0 saturated heterocycles. The van der Waals surface area contributed by atoms with Gasteiger partial charge in [0, 0.05) is 18.8 Å². The second kappa shape index (κ2) is 8.90. The highest BCUT2D eigenvalue weighted by atomic mass is 32.2. The van der Waals surface area contributed by atoms with Gasteiger partial charge in [-0.15, -0.1) is 13.2 Å². The Morgan fingerprint density at radius 3 is 2.28 bits per heavy atom. The van der Waals surface area contributed by atoms with Crippen LogP contribution in [0, 0.1) is 0 Å². The Balaban J connectivity index is 2.58. The predicted octanol–water partition coefficient (Wildman–Crippen LogP) is 1.98. The molecule has 0 saturated carbocycles. The van der Waals surface area contributed by atoms with E-state index in [1.54, 1.807) is 13.8 Å². The van der Waals surface area contributed by atoms with Crippen LogP contribution in [0.25, 0.3) is 0 Å². The lowest BCUT2D eigenvalue weighted by Crippen LogP contribution is -2.34. The number of anilines is 1. The van der Waals surface area contributed by atoms with Crippen LogP contribution < -0.4 is 15.8 Å². The number of nitrogens with one attached hydrogen (secondary N) is 1. The molecule has 0 aromatic heterocycles. The Bertz CT molecular complexity index is 672. The summed E-state index contributed by atoms with van der Waals surface area (Å²) in [6.07, 6.45) is -4.76. The van der Waals surface area contributed by atoms with E-state index in [0.29, 0.717) is 18.8 Å². The third kappa shape index (κ3) is 7.61. The fourth-order valence-electron chi connectivity index (χ4n) is 1.95. The summed E-state index contributed by atoms with van der Waals surface area (Å²) in [5.74, 6) is -0.590. The van der Waals surface area contributed by atoms with Gasteiger partial charge >= 0.3 is 6.36 Å². The number of sulfonamides is 1. The molecule has 0 aliphatic carbocycles. The molecule has 0 aliphatic heterocycles. The molecule has 0 spiro atoms. The number of hydrogen-bond donors (Lipinski definition) is 2. The molecular formula is C14H21F3N4O3S. The molecule has 0 atom stereocenters. The van der Waals surface area contributed by atoms with Gasteiger partial charge in [0.25, 0.3) is 0 Å². The van der Waals surface area contributed by atoms with E-state index in [-0.39, 0.29) is 24.0 Å². The second-order valence-electron chi connectivity index (χ2n) is 4.86. The van der Waals surface area contributed by atoms with Crippen LogP contribution >= 0.6 is 0 Å². The molecule has 11 heteroatoms. The van der Waals surface area contributed by atoms with Crippen LogP contribution in [0.1, 0.15) is 13.8 Å². The van der Waals surface area contributed by atoms with Crippen molar-refractivity contribution in [3.8, 4) is 5.75 Å². The van der Waals surface area contributed by atoms with Crippen LogP contribution in [0.15, 0.2) is 29.3 Å². The molecule has 25 heavy (non-hydrogen) atoms. The normalized spacial score (nSPS) is 13.1. The zero-order chi connectivity index (χ0) is 19.1. The molecule has 1 rings (SSSR count). The smallest absolute Gasteiger partial charge is 0.406 e. The summed E-state index contributed by atoms with van der Waals surface area (Å²) in [6.45, 7) is 4.21. The molecule has 0 amide bonds. The highest BCUT2D eigenvalue weighted by molar-refractivity contribution is 7.89. The fourth-order valence-corrected chi connectivity index (χ4v) is 3.32. The lowest BCUT2D eigenvalue weighted by Gasteiger charge is -2.17. The van der Waals surface area contributed by atoms with Gasteiger partial charge in [0.1, 0.15) is 5.75 Å². The fraction of sp³-hybridized carbons (Fsp3) is 0.500. The third-order valence-corrected chi connectivity index (χ3v) is 5.09. The lowest BCUT2D eigenvalue weighted by atomic mass is 10.3. The number of hydrogen-bond acceptors (Lipinski definition) is 4. The second-order valence-corrected chi connectivity index (χ2v) is 6.95. The van der Waals surface area contributed by atoms with E-state index in [1.165, 1.54) is 16.4 Å². The van der Waals surface area contributed by atoms with Crippen molar-refractivity contribution in [1.82, 2.24) is 4.31 Å². The van der Waals surface area contributed by atoms with Crippen molar-refractivity contribution >= 4 is 21.7 Å². The van der Waals surface area contributed by atoms with Gasteiger partial charge in [0.2, 0.25) is 10.0 Å². The van der Waals surface area contributed by atoms with Gasteiger partial charge in [-0.3, -0.25) is 4.99 Å². The highest BCUT2D eigenvalue weighted by Crippen LogP contribution is 2.23. The van der Waals surface area contributed by atoms with Gasteiger partial charge in [0.05, 0.1) is 12.3 Å². The van der Waals surface area contributed by atoms with E-state index >= 15 is 0 Å². The number of halogens is 3. The number of aliphatic imine (C=N–C) groups is 1. The predicted molar refractivity (Wildman–Crippen MR) is 89.9 cm³/mol. The largest absolute Gasteiger partial charge is 0.573 e. The van der Waals surface area contributed by atoms with Crippen molar-refractivity contribution in [2.24, 2.45) is 10.7 Å². The van der Waals surface area contributed by atoms with E-state index in [1.807, 2.05) is 0 Å². The quantitative estimate of drug-likeness (QED) is 0.529. The van der Waals surface area contributed by atoms with Crippen molar-refractivity contribution in [3.05, 3.63) is 24.3 Å². The van der Waals surface area contributed by atoms with Gasteiger partial charge in [-0.05, 0) is 24.3 Å². The molecule has 0 aliphatic rings. The molecule has 0 fully saturated rings. The van der Waals surface area contributed by atoms with E-state index < -0.39 is 16.4 Å². The van der Waals surface area contributed by atoms with E-state index in [0.717, 1.165) is 12.1 Å². The maximum Gasteiger partial charge on any atom is 0.573 e. The van der Waals surface area contributed by atoms with Gasteiger partial charge in [-0.25, -0.2) is 12.7 Å². The summed E-state index contributed by atoms with van der Waals surface area (Å²) in [4.78, 5) is 3.90. The lowest BCUT2D eigenvalue weighted by molar-refractivity contribution is -0.274. The summed E-state index contributed by atoms with van der Waals surface area (Å²) >= 11 is 0. The molecule has 7 nitrogen and oxygen atoms in total. The Kier molecular flexibility index (Phi) is 7.49. The number of guanidine groups is 1. The molecule has 1 aromatic rings. The zero-order valence-corrected chi connectivity index (χ0v) is 14.7. The molecule has 3 N–H and O–H groups in total. The number of nitrogens with two attached hydrogens (primary N) is 1. The average Bonchev–Trinajstić information content (AvgIpc) is 2.48. The molecule has 0 bridgehead atoms. The topological polar surface area (TPSA) is 97.0 Å². The van der Waals surface area contributed by atoms with Gasteiger partial charge in [-0.1, -0.05) is 13.8 Å². The highest BCUT2D eigenvalue weighted by Gasteiger charge is 2.30. The number of rotatable bonds is 8. The van der Waals surface area contributed by atoms with Crippen LogP contribution in [0.3, 0.4) is 0 Å². The van der Waals surface area contributed by atoms with Crippen molar-refractivity contribution in [3.63, 3.8) is 0 Å². The van der Waals surface area contributed by atoms with Crippen LogP contribution in [0.2, 0.25) is 0 Å². The monoisotopic (exact) mass is 382 g/mol. The first kappa shape index (κ1) is 21.0. The SMILES string of the molecule is CCN(CC)S(=O)(=O)CCN=C(N)Nc1ccc(OC(F)(F)F)cc1. The molecule has 142 valence electrons. The standard InChI is InChI=1S/C14H21F3N4O3S/c1-3-21(4-2)25(22,23)10-9-19-13(18)20-11-5-7-12(8-6-11)24-14(15,16)17/h5-8H,3-4,9-10H2,1-2H3,(H3,18,19,20). The van der Waals surface area contributed by atoms with Crippen LogP contribution in [0.5, 0.6) is 5.75 Å². The minimum Gasteiger partial charge on any atom is -0.406 e. The molecule has 0 heterocycles. The van der Waals surface area contributed by atoms with Crippen molar-refractivity contribution in [1.29, 1.82) is 0 Å². The Morgan fingerprint density at radius 1 is 1.24 bits per heavy atom. The maximum atomic E-state index is 12.1. The van der Waals surface area contributed by atoms with E-state index in [9.17, 15) is 21.6 Å². The number of benzene rings is 1. The Morgan fingerprint density at radius 2 is 1.80 bits per heavy atom. The van der Waals surface area contributed by atoms with Gasteiger partial charge < -0.3 is 15.8 Å². The van der Waals surface area contributed by atoms with Crippen molar-refractivity contribution in [2.45, 2.75) is 20.2 Å². The summed E-state index contributed by atoms with van der Waals surface area (Å²) in [6, 6.07) is 4.90. The van der Waals surface area contributed by atoms with E-state index in [4.69, 9.17) is 5.73 Å². The maximum absolute atomic E-state index is 12.1. The van der Waals surface area contributed by atoms with Crippen molar-refractivity contribution in [2.75, 3.05) is 30.7 Å². The van der Waals surface area contributed by atoms with Crippen LogP contribution in [-0.2, 0) is 10.0 Å².